The van der Waals surface area contributed by atoms with Gasteiger partial charge in [0.05, 0.1) is 0 Å². The minimum absolute atomic E-state index is 0. The molecule has 3 aromatic rings. The zero-order valence-electron chi connectivity index (χ0n) is 11.6. The molecular formula is C17H18ClFN2. The number of fused-ring (bicyclic) bond motifs is 1. The minimum Gasteiger partial charge on any atom is -0.343 e. The minimum atomic E-state index is -0.199. The molecule has 0 aliphatic carbocycles. The fourth-order valence-corrected chi connectivity index (χ4v) is 2.59. The van der Waals surface area contributed by atoms with E-state index in [4.69, 9.17) is 5.73 Å². The number of hydrogen-bond donors (Lipinski definition) is 1. The number of nitrogens with zero attached hydrogens (tertiary/aromatic N) is 1. The highest BCUT2D eigenvalue weighted by atomic mass is 35.5. The number of para-hydroxylation sites is 1. The van der Waals surface area contributed by atoms with Crippen molar-refractivity contribution in [1.82, 2.24) is 4.57 Å². The fourth-order valence-electron chi connectivity index (χ4n) is 2.59. The standard InChI is InChI=1S/C17H17FN2.ClH/c18-15-7-5-13(6-8-15)11-20-12-14(9-10-19)16-3-1-2-4-17(16)20;/h1-8,12H,9-11,19H2;1H. The van der Waals surface area contributed by atoms with Crippen LogP contribution in [0.5, 0.6) is 0 Å². The summed E-state index contributed by atoms with van der Waals surface area (Å²) < 4.78 is 15.2. The predicted molar refractivity (Wildman–Crippen MR) is 87.4 cm³/mol. The van der Waals surface area contributed by atoms with E-state index in [1.54, 1.807) is 0 Å². The summed E-state index contributed by atoms with van der Waals surface area (Å²) in [5.74, 6) is -0.199. The third-order valence-corrected chi connectivity index (χ3v) is 3.55. The Morgan fingerprint density at radius 3 is 2.43 bits per heavy atom. The molecule has 0 aliphatic heterocycles. The van der Waals surface area contributed by atoms with Gasteiger partial charge < -0.3 is 10.3 Å². The van der Waals surface area contributed by atoms with Gasteiger partial charge in [-0.15, -0.1) is 12.4 Å². The Labute approximate surface area is 129 Å². The Bertz CT molecular complexity index is 719. The monoisotopic (exact) mass is 304 g/mol. The van der Waals surface area contributed by atoms with Crippen LogP contribution in [0.3, 0.4) is 0 Å². The van der Waals surface area contributed by atoms with Crippen molar-refractivity contribution in [1.29, 1.82) is 0 Å². The number of rotatable bonds is 4. The van der Waals surface area contributed by atoms with Gasteiger partial charge in [-0.25, -0.2) is 4.39 Å². The Kier molecular flexibility index (Phi) is 4.99. The highest BCUT2D eigenvalue weighted by Gasteiger charge is 2.07. The molecule has 1 aromatic heterocycles. The molecule has 3 rings (SSSR count). The number of nitrogens with two attached hydrogens (primary N) is 1. The van der Waals surface area contributed by atoms with Crippen molar-refractivity contribution in [2.24, 2.45) is 5.73 Å². The first-order valence-corrected chi connectivity index (χ1v) is 6.79. The molecule has 0 fully saturated rings. The van der Waals surface area contributed by atoms with Gasteiger partial charge in [0.15, 0.2) is 0 Å². The zero-order valence-corrected chi connectivity index (χ0v) is 12.4. The molecule has 0 spiro atoms. The highest BCUT2D eigenvalue weighted by Crippen LogP contribution is 2.22. The lowest BCUT2D eigenvalue weighted by Gasteiger charge is -2.05. The van der Waals surface area contributed by atoms with Crippen molar-refractivity contribution in [3.8, 4) is 0 Å². The van der Waals surface area contributed by atoms with Crippen molar-refractivity contribution in [3.63, 3.8) is 0 Å². The SMILES string of the molecule is Cl.NCCc1cn(Cc2ccc(F)cc2)c2ccccc12. The summed E-state index contributed by atoms with van der Waals surface area (Å²) in [6.07, 6.45) is 3.03. The Morgan fingerprint density at radius 2 is 1.71 bits per heavy atom. The van der Waals surface area contributed by atoms with Crippen molar-refractivity contribution < 1.29 is 4.39 Å². The second-order valence-corrected chi connectivity index (χ2v) is 4.96. The van der Waals surface area contributed by atoms with Gasteiger partial charge in [0.2, 0.25) is 0 Å². The van der Waals surface area contributed by atoms with Gasteiger partial charge in [-0.3, -0.25) is 0 Å². The van der Waals surface area contributed by atoms with Crippen LogP contribution in [-0.4, -0.2) is 11.1 Å². The Hall–Kier alpha value is -1.84. The van der Waals surface area contributed by atoms with Gasteiger partial charge in [0.25, 0.3) is 0 Å². The van der Waals surface area contributed by atoms with Crippen LogP contribution >= 0.6 is 12.4 Å². The van der Waals surface area contributed by atoms with Crippen LogP contribution in [0.15, 0.2) is 54.7 Å². The molecule has 2 nitrogen and oxygen atoms in total. The van der Waals surface area contributed by atoms with E-state index in [0.717, 1.165) is 18.5 Å². The van der Waals surface area contributed by atoms with Gasteiger partial charge in [-0.05, 0) is 42.3 Å². The van der Waals surface area contributed by atoms with Gasteiger partial charge in [-0.2, -0.15) is 0 Å². The number of halogens is 2. The van der Waals surface area contributed by atoms with Crippen LogP contribution < -0.4 is 5.73 Å². The zero-order chi connectivity index (χ0) is 13.9. The average molecular weight is 305 g/mol. The molecule has 0 unspecified atom stereocenters. The van der Waals surface area contributed by atoms with E-state index in [-0.39, 0.29) is 18.2 Å². The molecule has 2 aromatic carbocycles. The molecule has 0 saturated heterocycles. The molecule has 110 valence electrons. The van der Waals surface area contributed by atoms with Crippen molar-refractivity contribution in [2.75, 3.05) is 6.54 Å². The maximum atomic E-state index is 13.0. The van der Waals surface area contributed by atoms with Gasteiger partial charge >= 0.3 is 0 Å². The van der Waals surface area contributed by atoms with E-state index in [0.29, 0.717) is 6.54 Å². The van der Waals surface area contributed by atoms with E-state index < -0.39 is 0 Å². The average Bonchev–Trinajstić information content (AvgIpc) is 2.81. The van der Waals surface area contributed by atoms with Crippen LogP contribution in [0.1, 0.15) is 11.1 Å². The first kappa shape index (κ1) is 15.5. The number of aromatic nitrogens is 1. The predicted octanol–water partition coefficient (Wildman–Crippen LogP) is 3.75. The molecular weight excluding hydrogens is 287 g/mol. The molecule has 0 aliphatic rings. The molecule has 0 amide bonds. The van der Waals surface area contributed by atoms with Gasteiger partial charge in [0, 0.05) is 23.6 Å². The van der Waals surface area contributed by atoms with Crippen LogP contribution in [0.25, 0.3) is 10.9 Å². The summed E-state index contributed by atoms with van der Waals surface area (Å²) in [5, 5.41) is 1.25. The largest absolute Gasteiger partial charge is 0.343 e. The summed E-state index contributed by atoms with van der Waals surface area (Å²) in [6.45, 7) is 1.38. The Balaban J connectivity index is 0.00000161. The fraction of sp³-hybridized carbons (Fsp3) is 0.176. The second kappa shape index (κ2) is 6.74. The van der Waals surface area contributed by atoms with Gasteiger partial charge in [0.1, 0.15) is 5.82 Å². The van der Waals surface area contributed by atoms with Crippen molar-refractivity contribution in [3.05, 3.63) is 71.7 Å². The first-order valence-electron chi connectivity index (χ1n) is 6.79. The van der Waals surface area contributed by atoms with E-state index in [9.17, 15) is 4.39 Å². The van der Waals surface area contributed by atoms with Crippen molar-refractivity contribution >= 4 is 23.3 Å². The third kappa shape index (κ3) is 3.26. The molecule has 1 heterocycles. The topological polar surface area (TPSA) is 30.9 Å². The maximum absolute atomic E-state index is 13.0. The molecule has 2 N–H and O–H groups in total. The summed E-state index contributed by atoms with van der Waals surface area (Å²) >= 11 is 0. The highest BCUT2D eigenvalue weighted by molar-refractivity contribution is 5.85. The molecule has 4 heteroatoms. The van der Waals surface area contributed by atoms with Crippen LogP contribution in [-0.2, 0) is 13.0 Å². The number of benzene rings is 2. The molecule has 0 bridgehead atoms. The molecule has 0 radical (unpaired) electrons. The third-order valence-electron chi connectivity index (χ3n) is 3.55. The molecule has 0 atom stereocenters. The second-order valence-electron chi connectivity index (χ2n) is 4.96. The van der Waals surface area contributed by atoms with E-state index >= 15 is 0 Å². The lowest BCUT2D eigenvalue weighted by atomic mass is 10.1. The lowest BCUT2D eigenvalue weighted by molar-refractivity contribution is 0.626. The smallest absolute Gasteiger partial charge is 0.123 e. The normalized spacial score (nSPS) is 10.6. The summed E-state index contributed by atoms with van der Waals surface area (Å²) in [5.41, 5.74) is 9.23. The summed E-state index contributed by atoms with van der Waals surface area (Å²) in [4.78, 5) is 0. The van der Waals surface area contributed by atoms with E-state index in [2.05, 4.69) is 22.9 Å². The first-order chi connectivity index (χ1) is 9.78. The van der Waals surface area contributed by atoms with Crippen LogP contribution in [0.4, 0.5) is 4.39 Å². The van der Waals surface area contributed by atoms with Crippen LogP contribution in [0, 0.1) is 5.82 Å². The molecule has 0 saturated carbocycles. The number of hydrogen-bond acceptors (Lipinski definition) is 1. The van der Waals surface area contributed by atoms with Gasteiger partial charge in [-0.1, -0.05) is 30.3 Å². The Morgan fingerprint density at radius 1 is 1.00 bits per heavy atom. The summed E-state index contributed by atoms with van der Waals surface area (Å²) in [6, 6.07) is 15.0. The summed E-state index contributed by atoms with van der Waals surface area (Å²) in [7, 11) is 0. The van der Waals surface area contributed by atoms with Crippen LogP contribution in [0.2, 0.25) is 0 Å². The van der Waals surface area contributed by atoms with Crippen molar-refractivity contribution in [2.45, 2.75) is 13.0 Å². The molecule has 21 heavy (non-hydrogen) atoms. The quantitative estimate of drug-likeness (QED) is 0.782. The maximum Gasteiger partial charge on any atom is 0.123 e. The van der Waals surface area contributed by atoms with E-state index in [1.165, 1.54) is 28.6 Å². The van der Waals surface area contributed by atoms with E-state index in [1.807, 2.05) is 24.3 Å². The lowest BCUT2D eigenvalue weighted by Crippen LogP contribution is -2.02.